The highest BCUT2D eigenvalue weighted by Gasteiger charge is 2.28. The first-order chi connectivity index (χ1) is 12.3. The molecule has 2 aromatic rings. The molecule has 6 nitrogen and oxygen atoms in total. The van der Waals surface area contributed by atoms with Gasteiger partial charge in [-0.1, -0.05) is 17.3 Å². The minimum absolute atomic E-state index is 0.427. The third kappa shape index (κ3) is 3.84. The molecule has 7 heteroatoms. The zero-order valence-corrected chi connectivity index (χ0v) is 16.8. The molecule has 0 radical (unpaired) electrons. The second kappa shape index (κ2) is 7.50. The number of rotatable bonds is 4. The number of benzene rings is 1. The lowest BCUT2D eigenvalue weighted by atomic mass is 10.2. The van der Waals surface area contributed by atoms with Gasteiger partial charge >= 0.3 is 0 Å². The van der Waals surface area contributed by atoms with Gasteiger partial charge in [0.25, 0.3) is 0 Å². The lowest BCUT2D eigenvalue weighted by molar-refractivity contribution is 0.276. The highest BCUT2D eigenvalue weighted by molar-refractivity contribution is 7.89. The number of sulfonamides is 1. The van der Waals surface area contributed by atoms with Crippen LogP contribution in [0.1, 0.15) is 34.6 Å². The van der Waals surface area contributed by atoms with Gasteiger partial charge in [0.15, 0.2) is 0 Å². The van der Waals surface area contributed by atoms with Crippen LogP contribution in [-0.4, -0.2) is 49.0 Å². The fraction of sp³-hybridized carbons (Fsp3) is 0.526. The maximum atomic E-state index is 13.1. The number of aryl methyl sites for hydroxylation is 4. The van der Waals surface area contributed by atoms with Crippen LogP contribution in [0.15, 0.2) is 27.6 Å². The summed E-state index contributed by atoms with van der Waals surface area (Å²) >= 11 is 0. The Morgan fingerprint density at radius 1 is 1.08 bits per heavy atom. The number of hydrogen-bond donors (Lipinski definition) is 0. The van der Waals surface area contributed by atoms with Crippen molar-refractivity contribution < 1.29 is 12.9 Å². The van der Waals surface area contributed by atoms with E-state index < -0.39 is 10.0 Å². The van der Waals surface area contributed by atoms with E-state index in [0.29, 0.717) is 24.5 Å². The Hall–Kier alpha value is -1.70. The van der Waals surface area contributed by atoms with E-state index in [-0.39, 0.29) is 0 Å². The highest BCUT2D eigenvalue weighted by Crippen LogP contribution is 2.23. The molecule has 1 aromatic carbocycles. The average molecular weight is 378 g/mol. The third-order valence-corrected chi connectivity index (χ3v) is 7.11. The van der Waals surface area contributed by atoms with E-state index in [1.54, 1.807) is 10.4 Å². The van der Waals surface area contributed by atoms with Gasteiger partial charge in [0.2, 0.25) is 10.0 Å². The molecule has 0 aliphatic carbocycles. The van der Waals surface area contributed by atoms with Crippen LogP contribution in [0.2, 0.25) is 0 Å². The van der Waals surface area contributed by atoms with Crippen LogP contribution in [0.4, 0.5) is 0 Å². The van der Waals surface area contributed by atoms with E-state index in [4.69, 9.17) is 4.52 Å². The van der Waals surface area contributed by atoms with Gasteiger partial charge in [0.05, 0.1) is 10.6 Å². The Bertz CT molecular complexity index is 870. The van der Waals surface area contributed by atoms with Crippen LogP contribution in [0.3, 0.4) is 0 Å². The predicted molar refractivity (Wildman–Crippen MR) is 101 cm³/mol. The molecule has 1 aromatic heterocycles. The van der Waals surface area contributed by atoms with E-state index in [0.717, 1.165) is 47.7 Å². The Morgan fingerprint density at radius 2 is 1.85 bits per heavy atom. The summed E-state index contributed by atoms with van der Waals surface area (Å²) in [5.74, 6) is 0.839. The molecule has 0 saturated carbocycles. The normalized spacial score (nSPS) is 17.4. The fourth-order valence-corrected chi connectivity index (χ4v) is 5.20. The van der Waals surface area contributed by atoms with Crippen molar-refractivity contribution in [3.8, 4) is 0 Å². The molecule has 0 unspecified atom stereocenters. The molecule has 2 heterocycles. The summed E-state index contributed by atoms with van der Waals surface area (Å²) in [5, 5.41) is 4.01. The Balaban J connectivity index is 1.75. The van der Waals surface area contributed by atoms with Crippen molar-refractivity contribution in [1.29, 1.82) is 0 Å². The van der Waals surface area contributed by atoms with E-state index >= 15 is 0 Å². The number of nitrogens with zero attached hydrogens (tertiary/aromatic N) is 3. The minimum Gasteiger partial charge on any atom is -0.361 e. The molecule has 0 spiro atoms. The van der Waals surface area contributed by atoms with Crippen molar-refractivity contribution in [3.05, 3.63) is 46.3 Å². The predicted octanol–water partition coefficient (Wildman–Crippen LogP) is 2.80. The van der Waals surface area contributed by atoms with Crippen LogP contribution in [0, 0.1) is 27.7 Å². The Morgan fingerprint density at radius 3 is 2.54 bits per heavy atom. The van der Waals surface area contributed by atoms with Crippen LogP contribution < -0.4 is 0 Å². The van der Waals surface area contributed by atoms with Gasteiger partial charge in [0.1, 0.15) is 5.76 Å². The first-order valence-corrected chi connectivity index (χ1v) is 10.4. The smallest absolute Gasteiger partial charge is 0.243 e. The molecule has 26 heavy (non-hydrogen) atoms. The van der Waals surface area contributed by atoms with Crippen molar-refractivity contribution in [2.75, 3.05) is 26.2 Å². The molecule has 1 fully saturated rings. The van der Waals surface area contributed by atoms with Gasteiger partial charge in [0, 0.05) is 31.7 Å². The molecule has 1 aliphatic heterocycles. The topological polar surface area (TPSA) is 66.7 Å². The van der Waals surface area contributed by atoms with Crippen LogP contribution in [0.25, 0.3) is 0 Å². The lowest BCUT2D eigenvalue weighted by Gasteiger charge is -2.22. The van der Waals surface area contributed by atoms with Crippen molar-refractivity contribution in [3.63, 3.8) is 0 Å². The Kier molecular flexibility index (Phi) is 5.50. The fourth-order valence-electron chi connectivity index (χ4n) is 3.42. The van der Waals surface area contributed by atoms with Crippen LogP contribution in [-0.2, 0) is 16.6 Å². The van der Waals surface area contributed by atoms with Gasteiger partial charge < -0.3 is 4.52 Å². The summed E-state index contributed by atoms with van der Waals surface area (Å²) in [6.07, 6.45) is 0.813. The maximum absolute atomic E-state index is 13.1. The van der Waals surface area contributed by atoms with Gasteiger partial charge in [-0.15, -0.1) is 0 Å². The van der Waals surface area contributed by atoms with E-state index in [1.165, 1.54) is 0 Å². The van der Waals surface area contributed by atoms with E-state index in [1.807, 2.05) is 39.8 Å². The number of hydrogen-bond acceptors (Lipinski definition) is 5. The summed E-state index contributed by atoms with van der Waals surface area (Å²) in [6.45, 7) is 11.0. The van der Waals surface area contributed by atoms with Crippen molar-refractivity contribution in [1.82, 2.24) is 14.4 Å². The second-order valence-corrected chi connectivity index (χ2v) is 9.01. The van der Waals surface area contributed by atoms with E-state index in [9.17, 15) is 8.42 Å². The molecule has 3 rings (SSSR count). The third-order valence-electron chi connectivity index (χ3n) is 5.07. The summed E-state index contributed by atoms with van der Waals surface area (Å²) in [4.78, 5) is 2.71. The average Bonchev–Trinajstić information content (AvgIpc) is 2.79. The zero-order valence-electron chi connectivity index (χ0n) is 15.9. The molecular weight excluding hydrogens is 350 g/mol. The van der Waals surface area contributed by atoms with E-state index in [2.05, 4.69) is 10.1 Å². The second-order valence-electron chi connectivity index (χ2n) is 7.11. The monoisotopic (exact) mass is 377 g/mol. The zero-order chi connectivity index (χ0) is 18.9. The molecule has 142 valence electrons. The number of aromatic nitrogens is 1. The summed E-state index contributed by atoms with van der Waals surface area (Å²) in [6, 6.07) is 5.60. The molecule has 0 amide bonds. The quantitative estimate of drug-likeness (QED) is 0.820. The molecule has 0 N–H and O–H groups in total. The summed E-state index contributed by atoms with van der Waals surface area (Å²) in [5.41, 5.74) is 3.78. The standard InChI is InChI=1S/C19H27N3O3S/c1-14-6-7-15(2)19(12-14)26(23,24)22-9-5-8-21(10-11-22)13-18-16(3)20-25-17(18)4/h6-7,12H,5,8-11,13H2,1-4H3. The first kappa shape index (κ1) is 19.1. The van der Waals surface area contributed by atoms with Crippen LogP contribution >= 0.6 is 0 Å². The van der Waals surface area contributed by atoms with Crippen molar-refractivity contribution in [2.24, 2.45) is 0 Å². The largest absolute Gasteiger partial charge is 0.361 e. The van der Waals surface area contributed by atoms with Gasteiger partial charge in [-0.05, 0) is 57.9 Å². The maximum Gasteiger partial charge on any atom is 0.243 e. The van der Waals surface area contributed by atoms with Gasteiger partial charge in [-0.3, -0.25) is 4.90 Å². The first-order valence-electron chi connectivity index (χ1n) is 9.00. The van der Waals surface area contributed by atoms with Crippen LogP contribution in [0.5, 0.6) is 0 Å². The lowest BCUT2D eigenvalue weighted by Crippen LogP contribution is -2.35. The molecule has 0 bridgehead atoms. The molecular formula is C19H27N3O3S. The molecule has 0 atom stereocenters. The van der Waals surface area contributed by atoms with Crippen molar-refractivity contribution >= 4 is 10.0 Å². The summed E-state index contributed by atoms with van der Waals surface area (Å²) in [7, 11) is -3.46. The summed E-state index contributed by atoms with van der Waals surface area (Å²) < 4.78 is 33.1. The highest BCUT2D eigenvalue weighted by atomic mass is 32.2. The van der Waals surface area contributed by atoms with Gasteiger partial charge in [-0.2, -0.15) is 4.31 Å². The Labute approximate surface area is 155 Å². The molecule has 1 aliphatic rings. The molecule has 1 saturated heterocycles. The minimum atomic E-state index is -3.46. The SMILES string of the molecule is Cc1ccc(C)c(S(=O)(=O)N2CCCN(Cc3c(C)noc3C)CC2)c1. The van der Waals surface area contributed by atoms with Crippen molar-refractivity contribution in [2.45, 2.75) is 45.6 Å². The van der Waals surface area contributed by atoms with Gasteiger partial charge in [-0.25, -0.2) is 8.42 Å².